The smallest absolute Gasteiger partial charge is 0.123 e. The summed E-state index contributed by atoms with van der Waals surface area (Å²) in [6, 6.07) is 4.15. The van der Waals surface area contributed by atoms with Gasteiger partial charge in [0.1, 0.15) is 11.5 Å². The quantitative estimate of drug-likeness (QED) is 0.783. The summed E-state index contributed by atoms with van der Waals surface area (Å²) in [6.45, 7) is 7.36. The van der Waals surface area contributed by atoms with Gasteiger partial charge in [0.05, 0.1) is 14.2 Å². The van der Waals surface area contributed by atoms with Gasteiger partial charge < -0.3 is 9.47 Å². The first-order valence-corrected chi connectivity index (χ1v) is 8.18. The summed E-state index contributed by atoms with van der Waals surface area (Å²) in [7, 11) is 3.57. The Morgan fingerprint density at radius 1 is 1.00 bits per heavy atom. The normalized spacial score (nSPS) is 30.2. The van der Waals surface area contributed by atoms with Crippen LogP contribution < -0.4 is 9.47 Å². The van der Waals surface area contributed by atoms with E-state index in [-0.39, 0.29) is 5.41 Å². The lowest BCUT2D eigenvalue weighted by Gasteiger charge is -2.54. The molecule has 1 unspecified atom stereocenters. The summed E-state index contributed by atoms with van der Waals surface area (Å²) in [4.78, 5) is 0. The Kier molecular flexibility index (Phi) is 3.46. The van der Waals surface area contributed by atoms with E-state index in [0.29, 0.717) is 5.41 Å². The van der Waals surface area contributed by atoms with Crippen molar-refractivity contribution < 1.29 is 9.47 Å². The molecule has 1 saturated carbocycles. The number of hydrogen-bond acceptors (Lipinski definition) is 2. The van der Waals surface area contributed by atoms with E-state index < -0.39 is 0 Å². The average molecular weight is 288 g/mol. The first-order valence-electron chi connectivity index (χ1n) is 8.18. The highest BCUT2D eigenvalue weighted by Crippen LogP contribution is 2.59. The summed E-state index contributed by atoms with van der Waals surface area (Å²) in [5.74, 6) is 2.82. The summed E-state index contributed by atoms with van der Waals surface area (Å²) in [5, 5.41) is 0. The van der Waals surface area contributed by atoms with Crippen LogP contribution in [0.2, 0.25) is 0 Å². The summed E-state index contributed by atoms with van der Waals surface area (Å²) >= 11 is 0. The van der Waals surface area contributed by atoms with Gasteiger partial charge in [-0.1, -0.05) is 27.2 Å². The molecular weight excluding hydrogens is 260 g/mol. The van der Waals surface area contributed by atoms with Crippen molar-refractivity contribution in [3.05, 3.63) is 23.3 Å². The molecule has 0 heterocycles. The Balaban J connectivity index is 2.21. The van der Waals surface area contributed by atoms with E-state index in [2.05, 4.69) is 32.9 Å². The van der Waals surface area contributed by atoms with Gasteiger partial charge in [0.15, 0.2) is 0 Å². The molecule has 116 valence electrons. The monoisotopic (exact) mass is 288 g/mol. The Labute approximate surface area is 128 Å². The van der Waals surface area contributed by atoms with Crippen LogP contribution in [0, 0.1) is 11.3 Å². The minimum Gasteiger partial charge on any atom is -0.496 e. The Morgan fingerprint density at radius 3 is 2.33 bits per heavy atom. The van der Waals surface area contributed by atoms with Crippen LogP contribution in [-0.2, 0) is 11.8 Å². The number of methoxy groups -OCH3 is 2. The largest absolute Gasteiger partial charge is 0.496 e. The van der Waals surface area contributed by atoms with Crippen LogP contribution in [0.4, 0.5) is 0 Å². The van der Waals surface area contributed by atoms with E-state index in [1.807, 2.05) is 0 Å². The maximum absolute atomic E-state index is 5.74. The van der Waals surface area contributed by atoms with Gasteiger partial charge in [0.25, 0.3) is 0 Å². The maximum Gasteiger partial charge on any atom is 0.123 e. The molecule has 2 aliphatic carbocycles. The molecule has 3 rings (SSSR count). The van der Waals surface area contributed by atoms with Crippen LogP contribution in [0.1, 0.15) is 57.6 Å². The summed E-state index contributed by atoms with van der Waals surface area (Å²) < 4.78 is 11.4. The van der Waals surface area contributed by atoms with Gasteiger partial charge in [-0.3, -0.25) is 0 Å². The van der Waals surface area contributed by atoms with Crippen LogP contribution in [0.15, 0.2) is 12.1 Å². The number of rotatable bonds is 2. The third-order valence-electron chi connectivity index (χ3n) is 6.16. The van der Waals surface area contributed by atoms with Gasteiger partial charge in [0.2, 0.25) is 0 Å². The second kappa shape index (κ2) is 4.93. The molecule has 0 saturated heterocycles. The van der Waals surface area contributed by atoms with Gasteiger partial charge >= 0.3 is 0 Å². The molecule has 0 radical (unpaired) electrons. The van der Waals surface area contributed by atoms with Crippen molar-refractivity contribution in [2.75, 3.05) is 14.2 Å². The maximum atomic E-state index is 5.74. The molecule has 0 aromatic heterocycles. The second-order valence-electron chi connectivity index (χ2n) is 7.67. The lowest BCUT2D eigenvalue weighted by atomic mass is 9.50. The first-order chi connectivity index (χ1) is 9.94. The Morgan fingerprint density at radius 2 is 1.67 bits per heavy atom. The van der Waals surface area contributed by atoms with Crippen molar-refractivity contribution in [1.29, 1.82) is 0 Å². The van der Waals surface area contributed by atoms with Crippen LogP contribution in [-0.4, -0.2) is 14.2 Å². The third-order valence-corrected chi connectivity index (χ3v) is 6.16. The van der Waals surface area contributed by atoms with Crippen LogP contribution in [0.25, 0.3) is 0 Å². The van der Waals surface area contributed by atoms with Crippen molar-refractivity contribution >= 4 is 0 Å². The molecule has 0 amide bonds. The molecule has 1 fully saturated rings. The number of ether oxygens (including phenoxy) is 2. The number of benzene rings is 1. The minimum absolute atomic E-state index is 0.217. The van der Waals surface area contributed by atoms with Gasteiger partial charge in [-0.05, 0) is 54.6 Å². The van der Waals surface area contributed by atoms with Crippen molar-refractivity contribution in [3.8, 4) is 11.5 Å². The van der Waals surface area contributed by atoms with Crippen molar-refractivity contribution in [2.45, 2.75) is 58.3 Å². The lowest BCUT2D eigenvalue weighted by Crippen LogP contribution is -2.48. The fourth-order valence-electron chi connectivity index (χ4n) is 5.26. The second-order valence-corrected chi connectivity index (χ2v) is 7.67. The van der Waals surface area contributed by atoms with Gasteiger partial charge in [-0.2, -0.15) is 0 Å². The Hall–Kier alpha value is -1.18. The molecule has 21 heavy (non-hydrogen) atoms. The first kappa shape index (κ1) is 14.7. The molecule has 0 bridgehead atoms. The molecule has 2 aliphatic rings. The molecule has 1 aromatic carbocycles. The lowest BCUT2D eigenvalue weighted by molar-refractivity contribution is 0.0387. The molecule has 2 atom stereocenters. The highest BCUT2D eigenvalue weighted by atomic mass is 16.5. The van der Waals surface area contributed by atoms with Crippen LogP contribution >= 0.6 is 0 Å². The van der Waals surface area contributed by atoms with Gasteiger partial charge in [0, 0.05) is 11.1 Å². The molecule has 1 aromatic rings. The van der Waals surface area contributed by atoms with Crippen molar-refractivity contribution in [1.82, 2.24) is 0 Å². The summed E-state index contributed by atoms with van der Waals surface area (Å²) in [5.41, 5.74) is 3.44. The topological polar surface area (TPSA) is 18.5 Å². The SMILES string of the molecule is COc1ccc(OC)c2c1CCC1C(C)(C)CCC[C@]21C. The fraction of sp³-hybridized carbons (Fsp3) is 0.684. The molecular formula is C19H28O2. The molecule has 0 spiro atoms. The molecule has 2 nitrogen and oxygen atoms in total. The highest BCUT2D eigenvalue weighted by molar-refractivity contribution is 5.54. The summed E-state index contributed by atoms with van der Waals surface area (Å²) in [6.07, 6.45) is 6.28. The van der Waals surface area contributed by atoms with E-state index in [9.17, 15) is 0 Å². The zero-order chi connectivity index (χ0) is 15.3. The van der Waals surface area contributed by atoms with Crippen molar-refractivity contribution in [3.63, 3.8) is 0 Å². The minimum atomic E-state index is 0.217. The van der Waals surface area contributed by atoms with E-state index in [1.165, 1.54) is 36.8 Å². The number of fused-ring (bicyclic) bond motifs is 3. The third kappa shape index (κ3) is 2.06. The Bertz CT molecular complexity index is 547. The van der Waals surface area contributed by atoms with E-state index >= 15 is 0 Å². The predicted octanol–water partition coefficient (Wildman–Crippen LogP) is 4.73. The zero-order valence-corrected chi connectivity index (χ0v) is 14.1. The van der Waals surface area contributed by atoms with Crippen molar-refractivity contribution in [2.24, 2.45) is 11.3 Å². The zero-order valence-electron chi connectivity index (χ0n) is 14.1. The number of hydrogen-bond donors (Lipinski definition) is 0. The average Bonchev–Trinajstić information content (AvgIpc) is 2.45. The standard InChI is InChI=1S/C19H28O2/c1-18(2)11-6-12-19(3)16(18)10-7-13-14(20-4)8-9-15(21-5)17(13)19/h8-9,16H,6-7,10-12H2,1-5H3/t16?,19-/m0/s1. The fourth-order valence-corrected chi connectivity index (χ4v) is 5.26. The molecule has 0 N–H and O–H groups in total. The van der Waals surface area contributed by atoms with E-state index in [4.69, 9.17) is 9.47 Å². The van der Waals surface area contributed by atoms with Gasteiger partial charge in [-0.15, -0.1) is 0 Å². The van der Waals surface area contributed by atoms with E-state index in [0.717, 1.165) is 23.8 Å². The highest BCUT2D eigenvalue weighted by Gasteiger charge is 2.51. The predicted molar refractivity (Wildman–Crippen MR) is 86.3 cm³/mol. The molecule has 2 heteroatoms. The van der Waals surface area contributed by atoms with Gasteiger partial charge in [-0.25, -0.2) is 0 Å². The van der Waals surface area contributed by atoms with Crippen LogP contribution in [0.3, 0.4) is 0 Å². The van der Waals surface area contributed by atoms with E-state index in [1.54, 1.807) is 14.2 Å². The molecule has 0 aliphatic heterocycles. The van der Waals surface area contributed by atoms with Crippen LogP contribution in [0.5, 0.6) is 11.5 Å².